The average Bonchev–Trinajstić information content (AvgIpc) is 2.78. The van der Waals surface area contributed by atoms with Gasteiger partial charge in [-0.05, 0) is 24.3 Å². The number of alkyl halides is 2. The van der Waals surface area contributed by atoms with Crippen LogP contribution in [0.2, 0.25) is 0 Å². The van der Waals surface area contributed by atoms with E-state index in [1.165, 1.54) is 36.4 Å². The first-order valence-electron chi connectivity index (χ1n) is 9.47. The molecule has 0 spiro atoms. The van der Waals surface area contributed by atoms with E-state index in [2.05, 4.69) is 10.1 Å². The molecule has 0 aromatic heterocycles. The first-order valence-corrected chi connectivity index (χ1v) is 9.47. The van der Waals surface area contributed by atoms with Crippen molar-refractivity contribution < 1.29 is 37.5 Å². The molecule has 0 aliphatic carbocycles. The third-order valence-corrected chi connectivity index (χ3v) is 4.47. The highest BCUT2D eigenvalue weighted by molar-refractivity contribution is 5.97. The van der Waals surface area contributed by atoms with Crippen LogP contribution in [0.5, 0.6) is 5.75 Å². The minimum absolute atomic E-state index is 0.0284. The van der Waals surface area contributed by atoms with Gasteiger partial charge in [0.15, 0.2) is 6.61 Å². The van der Waals surface area contributed by atoms with Crippen LogP contribution in [0.3, 0.4) is 0 Å². The van der Waals surface area contributed by atoms with E-state index in [0.717, 1.165) is 6.07 Å². The molecule has 32 heavy (non-hydrogen) atoms. The van der Waals surface area contributed by atoms with Gasteiger partial charge < -0.3 is 24.4 Å². The van der Waals surface area contributed by atoms with Gasteiger partial charge >= 0.3 is 12.6 Å². The fourth-order valence-corrected chi connectivity index (χ4v) is 3.04. The summed E-state index contributed by atoms with van der Waals surface area (Å²) < 4.78 is 39.4. The van der Waals surface area contributed by atoms with Crippen molar-refractivity contribution in [3.05, 3.63) is 58.1 Å². The number of amides is 1. The molecule has 0 atom stereocenters. The lowest BCUT2D eigenvalue weighted by Gasteiger charge is -2.28. The summed E-state index contributed by atoms with van der Waals surface area (Å²) in [7, 11) is 0. The molecule has 1 aliphatic rings. The summed E-state index contributed by atoms with van der Waals surface area (Å²) in [5, 5.41) is 13.8. The second-order valence-corrected chi connectivity index (χ2v) is 6.56. The second kappa shape index (κ2) is 10.5. The number of para-hydroxylation sites is 2. The number of halogens is 2. The Hall–Kier alpha value is -3.80. The number of nitrogens with zero attached hydrogens (tertiary/aromatic N) is 2. The topological polar surface area (TPSA) is 120 Å². The normalized spacial score (nSPS) is 13.5. The SMILES string of the molecule is O=C(COC(=O)c1ccc(N2CCOCC2)c([N+](=O)[O-])c1)Nc1ccccc1OC(F)F. The van der Waals surface area contributed by atoms with Crippen molar-refractivity contribution in [1.29, 1.82) is 0 Å². The minimum atomic E-state index is -3.08. The Bertz CT molecular complexity index is 997. The lowest BCUT2D eigenvalue weighted by Crippen LogP contribution is -2.36. The van der Waals surface area contributed by atoms with Gasteiger partial charge in [0.05, 0.1) is 29.4 Å². The van der Waals surface area contributed by atoms with Crippen molar-refractivity contribution in [2.75, 3.05) is 43.1 Å². The lowest BCUT2D eigenvalue weighted by atomic mass is 10.1. The van der Waals surface area contributed by atoms with Gasteiger partial charge in [-0.2, -0.15) is 8.78 Å². The van der Waals surface area contributed by atoms with E-state index in [1.54, 1.807) is 4.90 Å². The molecule has 1 aliphatic heterocycles. The Morgan fingerprint density at radius 2 is 1.91 bits per heavy atom. The zero-order chi connectivity index (χ0) is 23.1. The maximum atomic E-state index is 12.5. The van der Waals surface area contributed by atoms with Gasteiger partial charge in [0, 0.05) is 19.2 Å². The van der Waals surface area contributed by atoms with Crippen LogP contribution in [0.4, 0.5) is 25.8 Å². The van der Waals surface area contributed by atoms with Crippen LogP contribution in [-0.2, 0) is 14.3 Å². The van der Waals surface area contributed by atoms with Crippen LogP contribution in [0.1, 0.15) is 10.4 Å². The van der Waals surface area contributed by atoms with Gasteiger partial charge in [-0.25, -0.2) is 4.79 Å². The van der Waals surface area contributed by atoms with E-state index in [9.17, 15) is 28.5 Å². The van der Waals surface area contributed by atoms with E-state index in [4.69, 9.17) is 9.47 Å². The van der Waals surface area contributed by atoms with E-state index >= 15 is 0 Å². The van der Waals surface area contributed by atoms with E-state index in [0.29, 0.717) is 32.0 Å². The highest BCUT2D eigenvalue weighted by Crippen LogP contribution is 2.30. The first-order chi connectivity index (χ1) is 15.3. The number of carbonyl (C=O) groups excluding carboxylic acids is 2. The van der Waals surface area contributed by atoms with E-state index in [-0.39, 0.29) is 22.7 Å². The molecule has 1 fully saturated rings. The monoisotopic (exact) mass is 451 g/mol. The number of esters is 1. The summed E-state index contributed by atoms with van der Waals surface area (Å²) in [6.07, 6.45) is 0. The standard InChI is InChI=1S/C20H19F2N3O7/c21-20(22)32-17-4-2-1-3-14(17)23-18(26)12-31-19(27)13-5-6-15(16(11-13)25(28)29)24-7-9-30-10-8-24/h1-6,11,20H,7-10,12H2,(H,23,26). The number of nitro groups is 1. The van der Waals surface area contributed by atoms with Crippen molar-refractivity contribution in [2.24, 2.45) is 0 Å². The largest absolute Gasteiger partial charge is 0.452 e. The summed E-state index contributed by atoms with van der Waals surface area (Å²) in [6, 6.07) is 9.41. The third-order valence-electron chi connectivity index (χ3n) is 4.47. The smallest absolute Gasteiger partial charge is 0.387 e. The maximum Gasteiger partial charge on any atom is 0.387 e. The van der Waals surface area contributed by atoms with E-state index in [1.807, 2.05) is 0 Å². The summed E-state index contributed by atoms with van der Waals surface area (Å²) >= 11 is 0. The molecule has 1 amide bonds. The van der Waals surface area contributed by atoms with Crippen LogP contribution in [-0.4, -0.2) is 56.3 Å². The Labute approximate surface area is 180 Å². The Kier molecular flexibility index (Phi) is 7.49. The molecule has 170 valence electrons. The quantitative estimate of drug-likeness (QED) is 0.370. The molecule has 1 heterocycles. The molecule has 0 radical (unpaired) electrons. The number of anilines is 2. The number of benzene rings is 2. The number of nitrogens with one attached hydrogen (secondary N) is 1. The number of ether oxygens (including phenoxy) is 3. The van der Waals surface area contributed by atoms with Crippen LogP contribution < -0.4 is 15.0 Å². The highest BCUT2D eigenvalue weighted by Gasteiger charge is 2.24. The van der Waals surface area contributed by atoms with Gasteiger partial charge in [-0.3, -0.25) is 14.9 Å². The number of carbonyl (C=O) groups is 2. The summed E-state index contributed by atoms with van der Waals surface area (Å²) in [5.41, 5.74) is -0.0607. The molecule has 12 heteroatoms. The predicted octanol–water partition coefficient (Wildman–Crippen LogP) is 2.83. The van der Waals surface area contributed by atoms with Gasteiger partial charge in [0.25, 0.3) is 11.6 Å². The van der Waals surface area contributed by atoms with Crippen LogP contribution in [0.25, 0.3) is 0 Å². The second-order valence-electron chi connectivity index (χ2n) is 6.56. The van der Waals surface area contributed by atoms with Crippen LogP contribution in [0.15, 0.2) is 42.5 Å². The summed E-state index contributed by atoms with van der Waals surface area (Å²) in [6.45, 7) is -2.00. The molecule has 0 bridgehead atoms. The van der Waals surface area contributed by atoms with Crippen molar-refractivity contribution in [1.82, 2.24) is 0 Å². The molecule has 0 unspecified atom stereocenters. The highest BCUT2D eigenvalue weighted by atomic mass is 19.3. The number of rotatable bonds is 8. The minimum Gasteiger partial charge on any atom is -0.452 e. The number of morpholine rings is 1. The van der Waals surface area contributed by atoms with E-state index < -0.39 is 30.0 Å². The number of hydrogen-bond acceptors (Lipinski definition) is 8. The Morgan fingerprint density at radius 1 is 1.19 bits per heavy atom. The molecular weight excluding hydrogens is 432 g/mol. The van der Waals surface area contributed by atoms with Crippen molar-refractivity contribution in [3.63, 3.8) is 0 Å². The van der Waals surface area contributed by atoms with Gasteiger partial charge in [-0.15, -0.1) is 0 Å². The van der Waals surface area contributed by atoms with Gasteiger partial charge in [-0.1, -0.05) is 12.1 Å². The molecular formula is C20H19F2N3O7. The predicted molar refractivity (Wildman–Crippen MR) is 108 cm³/mol. The maximum absolute atomic E-state index is 12.5. The van der Waals surface area contributed by atoms with Crippen LogP contribution in [0, 0.1) is 10.1 Å². The lowest BCUT2D eigenvalue weighted by molar-refractivity contribution is -0.384. The van der Waals surface area contributed by atoms with Gasteiger partial charge in [0.2, 0.25) is 0 Å². The third kappa shape index (κ3) is 5.88. The fourth-order valence-electron chi connectivity index (χ4n) is 3.04. The number of nitro benzene ring substituents is 1. The van der Waals surface area contributed by atoms with Crippen molar-refractivity contribution in [3.8, 4) is 5.75 Å². The summed E-state index contributed by atoms with van der Waals surface area (Å²) in [4.78, 5) is 37.0. The zero-order valence-electron chi connectivity index (χ0n) is 16.7. The van der Waals surface area contributed by atoms with Crippen LogP contribution >= 0.6 is 0 Å². The first kappa shape index (κ1) is 22.9. The average molecular weight is 451 g/mol. The summed E-state index contributed by atoms with van der Waals surface area (Å²) in [5.74, 6) is -2.01. The molecule has 3 rings (SSSR count). The fraction of sp³-hybridized carbons (Fsp3) is 0.300. The molecule has 1 saturated heterocycles. The molecule has 1 N–H and O–H groups in total. The Morgan fingerprint density at radius 3 is 2.59 bits per heavy atom. The van der Waals surface area contributed by atoms with Crippen molar-refractivity contribution in [2.45, 2.75) is 6.61 Å². The molecule has 2 aromatic carbocycles. The molecule has 10 nitrogen and oxygen atoms in total. The number of hydrogen-bond donors (Lipinski definition) is 1. The van der Waals surface area contributed by atoms with Gasteiger partial charge in [0.1, 0.15) is 11.4 Å². The van der Waals surface area contributed by atoms with Crippen molar-refractivity contribution >= 4 is 28.9 Å². The Balaban J connectivity index is 1.64. The molecule has 2 aromatic rings. The zero-order valence-corrected chi connectivity index (χ0v) is 16.7. The molecule has 0 saturated carbocycles.